The highest BCUT2D eigenvalue weighted by Gasteiger charge is 2.24. The van der Waals surface area contributed by atoms with Gasteiger partial charge >= 0.3 is 0 Å². The number of fused-ring (bicyclic) bond motifs is 2. The van der Waals surface area contributed by atoms with Crippen LogP contribution in [-0.4, -0.2) is 38.9 Å². The van der Waals surface area contributed by atoms with Gasteiger partial charge in [-0.3, -0.25) is 0 Å². The van der Waals surface area contributed by atoms with E-state index in [1.807, 2.05) is 19.1 Å². The van der Waals surface area contributed by atoms with Crippen molar-refractivity contribution in [3.8, 4) is 11.5 Å². The van der Waals surface area contributed by atoms with Gasteiger partial charge in [-0.05, 0) is 40.1 Å². The summed E-state index contributed by atoms with van der Waals surface area (Å²) in [6.07, 6.45) is 1.21. The minimum absolute atomic E-state index is 0.223. The molecule has 1 aliphatic heterocycles. The molecule has 3 N–H and O–H groups in total. The third-order valence-electron chi connectivity index (χ3n) is 4.48. The third kappa shape index (κ3) is 4.59. The molecule has 3 heterocycles. The quantitative estimate of drug-likeness (QED) is 0.359. The Morgan fingerprint density at radius 2 is 1.97 bits per heavy atom. The maximum Gasteiger partial charge on any atom is 0.238 e. The van der Waals surface area contributed by atoms with E-state index in [9.17, 15) is 0 Å². The Hall–Kier alpha value is -1.79. The van der Waals surface area contributed by atoms with Gasteiger partial charge in [-0.25, -0.2) is 15.0 Å². The molecule has 0 spiro atoms. The lowest BCUT2D eigenvalue weighted by Gasteiger charge is -2.19. The number of nitrogens with zero attached hydrogens (tertiary/aromatic N) is 4. The summed E-state index contributed by atoms with van der Waals surface area (Å²) in [5.41, 5.74) is 7.66. The summed E-state index contributed by atoms with van der Waals surface area (Å²) in [7, 11) is 0. The number of nitrogen functional groups attached to an aromatic ring is 1. The molecule has 10 heteroatoms. The number of aromatic nitrogens is 4. The molecule has 8 nitrogen and oxygen atoms in total. The van der Waals surface area contributed by atoms with Crippen molar-refractivity contribution < 1.29 is 9.47 Å². The number of ether oxygens (including phenoxy) is 2. The molecule has 0 radical (unpaired) electrons. The monoisotopic (exact) mass is 540 g/mol. The number of benzene rings is 1. The Morgan fingerprint density at radius 3 is 2.70 bits per heavy atom. The number of nitrogens with one attached hydrogen (secondary N) is 1. The van der Waals surface area contributed by atoms with Crippen LogP contribution >= 0.6 is 34.4 Å². The lowest BCUT2D eigenvalue weighted by Crippen LogP contribution is -2.29. The number of hydrogen-bond donors (Lipinski definition) is 2. The largest absolute Gasteiger partial charge is 0.451 e. The van der Waals surface area contributed by atoms with E-state index in [1.165, 1.54) is 6.33 Å². The number of imidazole rings is 1. The minimum atomic E-state index is -0.274. The van der Waals surface area contributed by atoms with E-state index in [0.29, 0.717) is 11.3 Å². The Labute approximate surface area is 193 Å². The molecular weight excluding hydrogens is 515 g/mol. The Kier molecular flexibility index (Phi) is 5.99. The summed E-state index contributed by atoms with van der Waals surface area (Å²) in [6, 6.07) is 4.00. The summed E-state index contributed by atoms with van der Waals surface area (Å²) < 4.78 is 14.6. The molecule has 0 saturated carbocycles. The van der Waals surface area contributed by atoms with Crippen molar-refractivity contribution in [3.05, 3.63) is 22.0 Å². The minimum Gasteiger partial charge on any atom is -0.451 e. The summed E-state index contributed by atoms with van der Waals surface area (Å²) in [5, 5.41) is 4.33. The normalized spacial score (nSPS) is 15.8. The highest BCUT2D eigenvalue weighted by Crippen LogP contribution is 2.42. The van der Waals surface area contributed by atoms with Crippen molar-refractivity contribution >= 4 is 51.3 Å². The first-order chi connectivity index (χ1) is 14.2. The highest BCUT2D eigenvalue weighted by molar-refractivity contribution is 14.1. The van der Waals surface area contributed by atoms with Gasteiger partial charge in [0.1, 0.15) is 6.33 Å². The van der Waals surface area contributed by atoms with Crippen molar-refractivity contribution in [1.82, 2.24) is 24.8 Å². The van der Waals surface area contributed by atoms with Gasteiger partial charge in [0.2, 0.25) is 6.29 Å². The second-order valence-corrected chi connectivity index (χ2v) is 10.5. The van der Waals surface area contributed by atoms with Crippen molar-refractivity contribution in [2.24, 2.45) is 5.41 Å². The van der Waals surface area contributed by atoms with Crippen LogP contribution in [0.4, 0.5) is 5.82 Å². The predicted octanol–water partition coefficient (Wildman–Crippen LogP) is 3.92. The molecule has 0 bridgehead atoms. The molecule has 1 unspecified atom stereocenters. The van der Waals surface area contributed by atoms with Crippen LogP contribution in [0.2, 0.25) is 0 Å². The average Bonchev–Trinajstić information content (AvgIpc) is 3.18. The van der Waals surface area contributed by atoms with Crippen molar-refractivity contribution in [2.45, 2.75) is 50.6 Å². The fourth-order valence-corrected chi connectivity index (χ4v) is 4.84. The average molecular weight is 540 g/mol. The van der Waals surface area contributed by atoms with Gasteiger partial charge < -0.3 is 25.1 Å². The fourth-order valence-electron chi connectivity index (χ4n) is 3.13. The van der Waals surface area contributed by atoms with Gasteiger partial charge in [-0.2, -0.15) is 0 Å². The molecule has 0 fully saturated rings. The molecule has 0 amide bonds. The van der Waals surface area contributed by atoms with Gasteiger partial charge in [0.25, 0.3) is 0 Å². The zero-order chi connectivity index (χ0) is 21.5. The Bertz CT molecular complexity index is 1080. The fraction of sp³-hybridized carbons (Fsp3) is 0.450. The van der Waals surface area contributed by atoms with E-state index < -0.39 is 0 Å². The van der Waals surface area contributed by atoms with Crippen LogP contribution in [0.15, 0.2) is 28.5 Å². The number of nitrogens with two attached hydrogens (primary N) is 1. The molecule has 3 aromatic rings. The van der Waals surface area contributed by atoms with Crippen LogP contribution in [0.25, 0.3) is 11.2 Å². The maximum absolute atomic E-state index is 6.07. The van der Waals surface area contributed by atoms with Crippen LogP contribution in [0.5, 0.6) is 11.5 Å². The first-order valence-corrected chi connectivity index (χ1v) is 11.6. The molecule has 30 heavy (non-hydrogen) atoms. The van der Waals surface area contributed by atoms with Crippen LogP contribution in [0, 0.1) is 8.99 Å². The predicted molar refractivity (Wildman–Crippen MR) is 126 cm³/mol. The van der Waals surface area contributed by atoms with E-state index in [1.54, 1.807) is 11.8 Å². The molecule has 160 valence electrons. The molecule has 2 aromatic heterocycles. The van der Waals surface area contributed by atoms with E-state index >= 15 is 0 Å². The Morgan fingerprint density at radius 1 is 1.23 bits per heavy atom. The molecule has 0 saturated heterocycles. The van der Waals surface area contributed by atoms with E-state index in [0.717, 1.165) is 50.4 Å². The number of halogens is 1. The summed E-state index contributed by atoms with van der Waals surface area (Å²) in [4.78, 5) is 14.3. The lowest BCUT2D eigenvalue weighted by atomic mass is 9.97. The van der Waals surface area contributed by atoms with E-state index in [2.05, 4.69) is 63.2 Å². The van der Waals surface area contributed by atoms with Crippen LogP contribution in [-0.2, 0) is 6.54 Å². The van der Waals surface area contributed by atoms with Crippen LogP contribution in [0.1, 0.15) is 27.7 Å². The van der Waals surface area contributed by atoms with Gasteiger partial charge in [0, 0.05) is 35.0 Å². The zero-order valence-electron chi connectivity index (χ0n) is 17.4. The number of hydrogen-bond acceptors (Lipinski definition) is 8. The van der Waals surface area contributed by atoms with Crippen LogP contribution < -0.4 is 20.5 Å². The van der Waals surface area contributed by atoms with Crippen molar-refractivity contribution in [3.63, 3.8) is 0 Å². The van der Waals surface area contributed by atoms with Crippen molar-refractivity contribution in [1.29, 1.82) is 0 Å². The maximum atomic E-state index is 6.07. The second kappa shape index (κ2) is 8.39. The summed E-state index contributed by atoms with van der Waals surface area (Å²) >= 11 is 3.87. The topological polar surface area (TPSA) is 100 Å². The smallest absolute Gasteiger partial charge is 0.238 e. The molecule has 1 aliphatic rings. The molecular formula is C20H25IN6O2S. The lowest BCUT2D eigenvalue weighted by molar-refractivity contribution is 0.0678. The molecule has 1 aromatic carbocycles. The van der Waals surface area contributed by atoms with Gasteiger partial charge in [-0.1, -0.05) is 32.5 Å². The summed E-state index contributed by atoms with van der Waals surface area (Å²) in [6.45, 7) is 11.0. The van der Waals surface area contributed by atoms with E-state index in [4.69, 9.17) is 20.2 Å². The van der Waals surface area contributed by atoms with Crippen LogP contribution in [0.3, 0.4) is 0 Å². The standard InChI is InChI=1S/C20H25IN6O2S/c1-11-28-13-7-12(21)15(8-14(13)29-11)30-19-26-16-17(22)24-10-25-18(16)27(19)6-5-23-9-20(2,3)4/h7-8,10-11,23H,5-6,9H2,1-4H3,(H2,22,24,25). The van der Waals surface area contributed by atoms with E-state index in [-0.39, 0.29) is 11.7 Å². The number of anilines is 1. The highest BCUT2D eigenvalue weighted by atomic mass is 127. The molecule has 1 atom stereocenters. The van der Waals surface area contributed by atoms with Gasteiger partial charge in [0.15, 0.2) is 33.6 Å². The zero-order valence-corrected chi connectivity index (χ0v) is 20.4. The first kappa shape index (κ1) is 21.4. The number of rotatable bonds is 6. The van der Waals surface area contributed by atoms with Crippen molar-refractivity contribution in [2.75, 3.05) is 18.8 Å². The first-order valence-electron chi connectivity index (χ1n) is 9.73. The molecule has 4 rings (SSSR count). The summed E-state index contributed by atoms with van der Waals surface area (Å²) in [5.74, 6) is 1.91. The van der Waals surface area contributed by atoms with Gasteiger partial charge in [0.05, 0.1) is 0 Å². The van der Waals surface area contributed by atoms with Gasteiger partial charge in [-0.15, -0.1) is 0 Å². The third-order valence-corrected chi connectivity index (χ3v) is 6.79. The molecule has 0 aliphatic carbocycles. The second-order valence-electron chi connectivity index (χ2n) is 8.35. The SMILES string of the molecule is CC1Oc2cc(I)c(Sc3nc4c(N)ncnc4n3CCNCC(C)(C)C)cc2O1. The Balaban J connectivity index is 1.64.